The topological polar surface area (TPSA) is 285 Å². The summed E-state index contributed by atoms with van der Waals surface area (Å²) >= 11 is 5.95. The number of hydrogen-bond acceptors (Lipinski definition) is 16. The molecule has 0 aromatic rings. The lowest BCUT2D eigenvalue weighted by Crippen LogP contribution is -2.66. The van der Waals surface area contributed by atoms with Crippen molar-refractivity contribution in [1.29, 1.82) is 0 Å². The third-order valence-corrected chi connectivity index (χ3v) is 38.0. The molecule has 0 aliphatic heterocycles. The zero-order valence-corrected chi connectivity index (χ0v) is 74.2. The Morgan fingerprint density at radius 3 is 0.887 bits per heavy atom. The van der Waals surface area contributed by atoms with Crippen LogP contribution in [0.15, 0.2) is 69.9 Å². The number of carboxylic acids is 1. The van der Waals surface area contributed by atoms with E-state index in [1.54, 1.807) is 23.7 Å². The van der Waals surface area contributed by atoms with E-state index in [9.17, 15) is 67.8 Å². The van der Waals surface area contributed by atoms with Crippen LogP contribution in [0.3, 0.4) is 0 Å². The predicted molar refractivity (Wildman–Crippen MR) is 434 cm³/mol. The van der Waals surface area contributed by atoms with Gasteiger partial charge in [0.2, 0.25) is 0 Å². The first-order chi connectivity index (χ1) is 52.8. The lowest BCUT2D eigenvalue weighted by molar-refractivity contribution is -0.192. The van der Waals surface area contributed by atoms with E-state index in [1.165, 1.54) is 21.3 Å². The van der Waals surface area contributed by atoms with Gasteiger partial charge in [-0.15, -0.1) is 0 Å². The molecule has 0 radical (unpaired) electrons. The first kappa shape index (κ1) is 86.6. The van der Waals surface area contributed by atoms with Crippen LogP contribution in [0.4, 0.5) is 0 Å². The van der Waals surface area contributed by atoms with Crippen molar-refractivity contribution < 1.29 is 82.1 Å². The molecule has 1 amide bonds. The van der Waals surface area contributed by atoms with Crippen LogP contribution in [-0.2, 0) is 71.7 Å². The molecule has 0 aromatic heterocycles. The molecule has 9 saturated carbocycles. The maximum atomic E-state index is 14.4. The quantitative estimate of drug-likeness (QED) is 0.0556. The molecular formula is C96H132ClNO17. The van der Waals surface area contributed by atoms with Crippen molar-refractivity contribution in [3.63, 3.8) is 0 Å². The van der Waals surface area contributed by atoms with Crippen LogP contribution in [0.1, 0.15) is 280 Å². The Morgan fingerprint density at radius 1 is 0.374 bits per heavy atom. The van der Waals surface area contributed by atoms with Gasteiger partial charge in [-0.2, -0.15) is 0 Å². The summed E-state index contributed by atoms with van der Waals surface area (Å²) in [6.07, 6.45) is 27.4. The monoisotopic (exact) mass is 1610 g/mol. The number of carbonyl (C=O) groups excluding carboxylic acids is 11. The highest BCUT2D eigenvalue weighted by molar-refractivity contribution is 6.70. The van der Waals surface area contributed by atoms with Crippen molar-refractivity contribution in [2.75, 3.05) is 21.3 Å². The van der Waals surface area contributed by atoms with Gasteiger partial charge >= 0.3 is 23.9 Å². The maximum absolute atomic E-state index is 14.4. The van der Waals surface area contributed by atoms with Crippen LogP contribution in [0.2, 0.25) is 0 Å². The number of amides is 1. The number of esters is 3. The Morgan fingerprint density at radius 2 is 0.626 bits per heavy atom. The molecular weight excluding hydrogens is 1470 g/mol. The van der Waals surface area contributed by atoms with Crippen LogP contribution in [0.5, 0.6) is 0 Å². The second kappa shape index (κ2) is 26.9. The third kappa shape index (κ3) is 11.6. The Kier molecular flexibility index (Phi) is 20.2. The van der Waals surface area contributed by atoms with Gasteiger partial charge in [0.1, 0.15) is 0 Å². The lowest BCUT2D eigenvalue weighted by atomic mass is 9.34. The highest BCUT2D eigenvalue weighted by Gasteiger charge is 2.76. The van der Waals surface area contributed by atoms with Gasteiger partial charge in [0, 0.05) is 50.2 Å². The molecule has 9 fully saturated rings. The Hall–Kier alpha value is -6.27. The van der Waals surface area contributed by atoms with Gasteiger partial charge in [-0.3, -0.25) is 57.9 Å². The Labute approximate surface area is 687 Å². The fourth-order valence-corrected chi connectivity index (χ4v) is 31.0. The number of hydroxylamine groups is 1. The van der Waals surface area contributed by atoms with E-state index in [1.807, 2.05) is 66.7 Å². The number of carboxylic acid groups (broad SMARTS) is 1. The van der Waals surface area contributed by atoms with Gasteiger partial charge in [0.15, 0.2) is 34.7 Å². The molecule has 19 heteroatoms. The van der Waals surface area contributed by atoms with E-state index >= 15 is 0 Å². The molecule has 15 rings (SSSR count). The number of ketones is 6. The standard InChI is InChI=1S/C32H43ClO5.C32H45NO6.C32H44O6/c1-27(2)11-13-32(26(37)38-8)14-12-31(7)23(19(32)17-27)20(34)15-22-29(5)16-18(25(33)36)24(35)28(3,4)21(29)9-10-30(22,31)6;1-27(2)11-13-32(26(37)39-8)14-12-31(7)23(19(32)17-27)20(34)15-22-29(5)16-18(25(36)33-38)24(35)28(3,4)21(29)9-10-30(22,31)6;1-27(2)11-13-32(26(37)38-8)14-12-31(7)23(19(32)17-27)20(33)15-22-29(5)16-18(25(35)36)24(34)28(3,4)21(29)9-10-30(22,31)6/h15-16,19,21,23H,9-14,17H2,1-8H3;15-16,19,21,23,38H,9-14,17H2,1-8H3,(H,33,36);15-16,19,21,23H,9-14,17H2,1-8H3,(H,35,36)/t3*19-,21-,23-,29-,30+,31+,32-/m000/s1. The molecule has 3 N–H and O–H groups in total. The molecule has 0 bridgehead atoms. The van der Waals surface area contributed by atoms with E-state index in [0.717, 1.165) is 139 Å². The van der Waals surface area contributed by atoms with Crippen LogP contribution in [0.25, 0.3) is 0 Å². The fourth-order valence-electron chi connectivity index (χ4n) is 30.9. The Balaban J connectivity index is 0.000000150. The second-order valence-electron chi connectivity index (χ2n) is 45.4. The molecule has 630 valence electrons. The van der Waals surface area contributed by atoms with Crippen molar-refractivity contribution in [1.82, 2.24) is 5.48 Å². The number of aliphatic carboxylic acids is 1. The predicted octanol–water partition coefficient (Wildman–Crippen LogP) is 17.9. The number of Topliss-reactive ketones (excluding diaryl/α,β-unsaturated/α-hetero) is 3. The number of hydrogen-bond donors (Lipinski definition) is 3. The number of ether oxygens (including phenoxy) is 3. The molecule has 0 unspecified atom stereocenters. The van der Waals surface area contributed by atoms with E-state index in [2.05, 4.69) is 96.9 Å². The summed E-state index contributed by atoms with van der Waals surface area (Å²) in [5.74, 6) is -4.54. The maximum Gasteiger partial charge on any atom is 0.339 e. The van der Waals surface area contributed by atoms with Crippen molar-refractivity contribution in [3.8, 4) is 0 Å². The van der Waals surface area contributed by atoms with Gasteiger partial charge in [0.05, 0.1) is 54.3 Å². The minimum atomic E-state index is -1.20. The molecule has 0 heterocycles. The molecule has 0 spiro atoms. The fraction of sp³-hybridized carbons (Fsp3) is 0.750. The molecule has 0 saturated heterocycles. The van der Waals surface area contributed by atoms with Crippen LogP contribution < -0.4 is 5.48 Å². The van der Waals surface area contributed by atoms with Gasteiger partial charge in [0.25, 0.3) is 11.1 Å². The number of rotatable bonds is 6. The van der Waals surface area contributed by atoms with Gasteiger partial charge in [-0.05, 0) is 249 Å². The van der Waals surface area contributed by atoms with Gasteiger partial charge in [-0.1, -0.05) is 180 Å². The number of allylic oxidation sites excluding steroid dienone is 10. The van der Waals surface area contributed by atoms with E-state index < -0.39 is 71.3 Å². The van der Waals surface area contributed by atoms with Gasteiger partial charge in [-0.25, -0.2) is 10.3 Å². The van der Waals surface area contributed by atoms with Crippen molar-refractivity contribution in [3.05, 3.63) is 69.9 Å². The van der Waals surface area contributed by atoms with Crippen LogP contribution in [-0.4, -0.2) is 101 Å². The van der Waals surface area contributed by atoms with E-state index in [-0.39, 0.29) is 166 Å². The first-order valence-corrected chi connectivity index (χ1v) is 43.4. The minimum Gasteiger partial charge on any atom is -0.478 e. The van der Waals surface area contributed by atoms with E-state index in [4.69, 9.17) is 25.8 Å². The zero-order chi connectivity index (χ0) is 85.5. The summed E-state index contributed by atoms with van der Waals surface area (Å²) < 4.78 is 16.2. The van der Waals surface area contributed by atoms with Crippen molar-refractivity contribution >= 4 is 81.3 Å². The third-order valence-electron chi connectivity index (χ3n) is 37.8. The largest absolute Gasteiger partial charge is 0.478 e. The lowest BCUT2D eigenvalue weighted by Gasteiger charge is -2.68. The summed E-state index contributed by atoms with van der Waals surface area (Å²) in [5, 5.41) is 18.6. The molecule has 15 aliphatic carbocycles. The van der Waals surface area contributed by atoms with Crippen molar-refractivity contribution in [2.45, 2.75) is 280 Å². The molecule has 21 atom stereocenters. The Bertz CT molecular complexity index is 4340. The molecule has 15 aliphatic rings. The zero-order valence-electron chi connectivity index (χ0n) is 73.4. The average molecular weight is 1610 g/mol. The highest BCUT2D eigenvalue weighted by atomic mass is 35.5. The molecule has 18 nitrogen and oxygen atoms in total. The smallest absolute Gasteiger partial charge is 0.339 e. The number of fused-ring (bicyclic) bond motifs is 21. The SMILES string of the molecule is COC(=O)[C@]12CCC(C)(C)C[C@H]1[C@H]1C(=O)C=C3[C@@]4(C)C=C(C(=O)Cl)C(=O)C(C)(C)[C@@H]4CC[C@@]3(C)[C@]1(C)CC2.COC(=O)[C@]12CCC(C)(C)C[C@H]1[C@H]1C(=O)C=C3[C@@]4(C)C=C(C(=O)NO)C(=O)C(C)(C)[C@@H]4CC[C@@]3(C)[C@]1(C)CC2.COC(=O)[C@]12CCC(C)(C)C[C@H]1[C@H]1C(=O)C=C3[C@@]4(C)C=C(C(=O)O)C(=O)C(C)(C)[C@@H]4CC[C@@]3(C)[C@]1(C)CC2. The minimum absolute atomic E-state index is 0.0261. The highest BCUT2D eigenvalue weighted by Crippen LogP contribution is 2.80. The van der Waals surface area contributed by atoms with E-state index in [0.29, 0.717) is 12.8 Å². The summed E-state index contributed by atoms with van der Waals surface area (Å²) in [6, 6.07) is 0. The van der Waals surface area contributed by atoms with Crippen LogP contribution in [0, 0.1) is 151 Å². The second-order valence-corrected chi connectivity index (χ2v) is 45.7. The summed E-state index contributed by atoms with van der Waals surface area (Å²) in [5.41, 5.74) is -4.04. The summed E-state index contributed by atoms with van der Waals surface area (Å²) in [4.78, 5) is 161. The summed E-state index contributed by atoms with van der Waals surface area (Å²) in [7, 11) is 4.40. The number of methoxy groups -OCH3 is 3. The number of carbonyl (C=O) groups is 12. The first-order valence-electron chi connectivity index (χ1n) is 43.0. The van der Waals surface area contributed by atoms with Crippen molar-refractivity contribution in [2.24, 2.45) is 151 Å². The molecule has 0 aromatic carbocycles. The average Bonchev–Trinajstić information content (AvgIpc) is 0.677. The molecule has 115 heavy (non-hydrogen) atoms. The van der Waals surface area contributed by atoms with Gasteiger partial charge < -0.3 is 19.3 Å². The van der Waals surface area contributed by atoms with Crippen LogP contribution >= 0.6 is 11.6 Å². The number of halogens is 1. The summed E-state index contributed by atoms with van der Waals surface area (Å²) in [6.45, 7) is 44.5. The normalized spacial score (nSPS) is 44.6. The number of nitrogens with one attached hydrogen (secondary N) is 1.